The molecule has 0 aliphatic rings. The third-order valence-corrected chi connectivity index (χ3v) is 5.93. The topological polar surface area (TPSA) is 115 Å². The largest absolute Gasteiger partial charge is 0.462 e. The van der Waals surface area contributed by atoms with Crippen LogP contribution in [0.25, 0.3) is 0 Å². The summed E-state index contributed by atoms with van der Waals surface area (Å²) in [4.78, 5) is 36.8. The van der Waals surface area contributed by atoms with Crippen molar-refractivity contribution in [3.05, 3.63) is 71.0 Å². The van der Waals surface area contributed by atoms with Gasteiger partial charge in [0.1, 0.15) is 0 Å². The van der Waals surface area contributed by atoms with Crippen molar-refractivity contribution in [1.82, 2.24) is 20.1 Å². The fourth-order valence-corrected chi connectivity index (χ4v) is 3.86. The zero-order valence-corrected chi connectivity index (χ0v) is 20.3. The van der Waals surface area contributed by atoms with Crippen molar-refractivity contribution >= 4 is 35.2 Å². The van der Waals surface area contributed by atoms with Gasteiger partial charge in [0.15, 0.2) is 11.0 Å². The maximum absolute atomic E-state index is 12.5. The minimum Gasteiger partial charge on any atom is -0.462 e. The molecule has 0 saturated heterocycles. The van der Waals surface area contributed by atoms with Crippen molar-refractivity contribution in [2.24, 2.45) is 7.05 Å². The normalized spacial score (nSPS) is 11.5. The van der Waals surface area contributed by atoms with Crippen LogP contribution in [-0.2, 0) is 16.6 Å². The molecule has 0 unspecified atom stereocenters. The minimum atomic E-state index is -0.442. The molecule has 0 fully saturated rings. The van der Waals surface area contributed by atoms with Gasteiger partial charge in [-0.2, -0.15) is 0 Å². The van der Waals surface area contributed by atoms with Crippen LogP contribution in [0, 0.1) is 6.92 Å². The van der Waals surface area contributed by atoms with E-state index in [0.29, 0.717) is 27.8 Å². The summed E-state index contributed by atoms with van der Waals surface area (Å²) in [5.41, 5.74) is 2.52. The monoisotopic (exact) mass is 481 g/mol. The first-order chi connectivity index (χ1) is 16.3. The predicted octanol–water partition coefficient (Wildman–Crippen LogP) is 3.52. The summed E-state index contributed by atoms with van der Waals surface area (Å²) in [5.74, 6) is -0.223. The standard InChI is InChI=1S/C24H27N5O4S/c1-5-33-23(32)18-7-6-8-19(13-18)26-20(30)14-34-24-28-27-21(29(24)4)16(3)25-22(31)17-11-9-15(2)10-12-17/h6-13,16H,5,14H2,1-4H3,(H,25,31)(H,26,30)/t16-/m0/s1. The molecule has 34 heavy (non-hydrogen) atoms. The smallest absolute Gasteiger partial charge is 0.338 e. The Hall–Kier alpha value is -3.66. The van der Waals surface area contributed by atoms with Crippen LogP contribution < -0.4 is 10.6 Å². The van der Waals surface area contributed by atoms with Crippen LogP contribution >= 0.6 is 11.8 Å². The van der Waals surface area contributed by atoms with E-state index in [-0.39, 0.29) is 30.2 Å². The lowest BCUT2D eigenvalue weighted by atomic mass is 10.1. The maximum atomic E-state index is 12.5. The highest BCUT2D eigenvalue weighted by atomic mass is 32.2. The number of benzene rings is 2. The van der Waals surface area contributed by atoms with Gasteiger partial charge in [-0.1, -0.05) is 35.5 Å². The number of nitrogens with zero attached hydrogens (tertiary/aromatic N) is 3. The van der Waals surface area contributed by atoms with E-state index < -0.39 is 5.97 Å². The first-order valence-electron chi connectivity index (χ1n) is 10.7. The molecule has 0 spiro atoms. The van der Waals surface area contributed by atoms with Crippen molar-refractivity contribution < 1.29 is 19.1 Å². The number of thioether (sulfide) groups is 1. The number of hydrogen-bond donors (Lipinski definition) is 2. The second-order valence-electron chi connectivity index (χ2n) is 7.60. The molecule has 2 aromatic carbocycles. The number of amides is 2. The number of esters is 1. The summed E-state index contributed by atoms with van der Waals surface area (Å²) in [6, 6.07) is 13.5. The highest BCUT2D eigenvalue weighted by Crippen LogP contribution is 2.20. The first-order valence-corrected chi connectivity index (χ1v) is 11.7. The summed E-state index contributed by atoms with van der Waals surface area (Å²) in [6.07, 6.45) is 0. The predicted molar refractivity (Wildman–Crippen MR) is 130 cm³/mol. The van der Waals surface area contributed by atoms with Gasteiger partial charge in [0.05, 0.1) is 24.0 Å². The Kier molecular flexibility index (Phi) is 8.42. The van der Waals surface area contributed by atoms with E-state index in [0.717, 1.165) is 5.56 Å². The van der Waals surface area contributed by atoms with Gasteiger partial charge in [-0.15, -0.1) is 10.2 Å². The van der Waals surface area contributed by atoms with Crippen LogP contribution in [0.3, 0.4) is 0 Å². The average Bonchev–Trinajstić information content (AvgIpc) is 3.18. The van der Waals surface area contributed by atoms with Gasteiger partial charge in [-0.3, -0.25) is 9.59 Å². The molecule has 0 radical (unpaired) electrons. The Morgan fingerprint density at radius 3 is 2.53 bits per heavy atom. The van der Waals surface area contributed by atoms with Gasteiger partial charge < -0.3 is 19.9 Å². The molecule has 3 rings (SSSR count). The SMILES string of the molecule is CCOC(=O)c1cccc(NC(=O)CSc2nnc([C@H](C)NC(=O)c3ccc(C)cc3)n2C)c1. The van der Waals surface area contributed by atoms with Gasteiger partial charge in [0.25, 0.3) is 5.91 Å². The van der Waals surface area contributed by atoms with Gasteiger partial charge in [0, 0.05) is 18.3 Å². The second-order valence-corrected chi connectivity index (χ2v) is 8.54. The van der Waals surface area contributed by atoms with E-state index in [2.05, 4.69) is 20.8 Å². The number of rotatable bonds is 9. The summed E-state index contributed by atoms with van der Waals surface area (Å²) in [7, 11) is 1.78. The highest BCUT2D eigenvalue weighted by Gasteiger charge is 2.19. The molecule has 178 valence electrons. The van der Waals surface area contributed by atoms with Crippen LogP contribution in [0.5, 0.6) is 0 Å². The van der Waals surface area contributed by atoms with Crippen molar-refractivity contribution in [3.8, 4) is 0 Å². The molecule has 9 nitrogen and oxygen atoms in total. The van der Waals surface area contributed by atoms with Crippen molar-refractivity contribution in [1.29, 1.82) is 0 Å². The number of nitrogens with one attached hydrogen (secondary N) is 2. The second kappa shape index (κ2) is 11.5. The number of carbonyl (C=O) groups is 3. The zero-order valence-electron chi connectivity index (χ0n) is 19.5. The van der Waals surface area contributed by atoms with Gasteiger partial charge in [-0.05, 0) is 51.1 Å². The third-order valence-electron chi connectivity index (χ3n) is 4.91. The molecule has 1 heterocycles. The molecule has 3 aromatic rings. The molecule has 10 heteroatoms. The van der Waals surface area contributed by atoms with E-state index >= 15 is 0 Å². The van der Waals surface area contributed by atoms with Gasteiger partial charge >= 0.3 is 5.97 Å². The van der Waals surface area contributed by atoms with Crippen molar-refractivity contribution in [2.45, 2.75) is 32.0 Å². The molecule has 2 N–H and O–H groups in total. The van der Waals surface area contributed by atoms with Crippen LogP contribution in [0.4, 0.5) is 5.69 Å². The van der Waals surface area contributed by atoms with E-state index in [9.17, 15) is 14.4 Å². The molecule has 1 atom stereocenters. The van der Waals surface area contributed by atoms with Crippen LogP contribution in [0.1, 0.15) is 52.0 Å². The molecule has 0 aliphatic carbocycles. The first kappa shape index (κ1) is 25.0. The lowest BCUT2D eigenvalue weighted by Crippen LogP contribution is -2.28. The van der Waals surface area contributed by atoms with E-state index in [1.54, 1.807) is 54.9 Å². The van der Waals surface area contributed by atoms with Crippen molar-refractivity contribution in [3.63, 3.8) is 0 Å². The number of hydrogen-bond acceptors (Lipinski definition) is 7. The third kappa shape index (κ3) is 6.44. The Balaban J connectivity index is 1.56. The molecular formula is C24H27N5O4S. The molecule has 0 saturated carbocycles. The highest BCUT2D eigenvalue weighted by molar-refractivity contribution is 7.99. The lowest BCUT2D eigenvalue weighted by molar-refractivity contribution is -0.113. The maximum Gasteiger partial charge on any atom is 0.338 e. The fourth-order valence-electron chi connectivity index (χ4n) is 3.14. The zero-order chi connectivity index (χ0) is 24.7. The van der Waals surface area contributed by atoms with E-state index in [1.807, 2.05) is 26.0 Å². The molecule has 1 aromatic heterocycles. The number of carbonyl (C=O) groups excluding carboxylic acids is 3. The Morgan fingerprint density at radius 1 is 1.09 bits per heavy atom. The van der Waals surface area contributed by atoms with Gasteiger partial charge in [-0.25, -0.2) is 4.79 Å². The fraction of sp³-hybridized carbons (Fsp3) is 0.292. The Labute approximate surface area is 202 Å². The minimum absolute atomic E-state index is 0.0969. The Bertz CT molecular complexity index is 1180. The van der Waals surface area contributed by atoms with E-state index in [1.165, 1.54) is 11.8 Å². The number of ether oxygens (including phenoxy) is 1. The molecule has 0 bridgehead atoms. The molecule has 0 aliphatic heterocycles. The average molecular weight is 482 g/mol. The number of anilines is 1. The van der Waals surface area contributed by atoms with Gasteiger partial charge in [0.2, 0.25) is 5.91 Å². The Morgan fingerprint density at radius 2 is 1.82 bits per heavy atom. The summed E-state index contributed by atoms with van der Waals surface area (Å²) in [5, 5.41) is 14.6. The number of aromatic nitrogens is 3. The quantitative estimate of drug-likeness (QED) is 0.355. The number of aryl methyl sites for hydroxylation is 1. The summed E-state index contributed by atoms with van der Waals surface area (Å²) in [6.45, 7) is 5.80. The molecular weight excluding hydrogens is 454 g/mol. The summed E-state index contributed by atoms with van der Waals surface area (Å²) >= 11 is 1.22. The van der Waals surface area contributed by atoms with Crippen LogP contribution in [-0.4, -0.2) is 44.9 Å². The van der Waals surface area contributed by atoms with E-state index in [4.69, 9.17) is 4.74 Å². The van der Waals surface area contributed by atoms with Crippen LogP contribution in [0.15, 0.2) is 53.7 Å². The summed E-state index contributed by atoms with van der Waals surface area (Å²) < 4.78 is 6.73. The lowest BCUT2D eigenvalue weighted by Gasteiger charge is -2.14. The molecule has 2 amide bonds. The van der Waals surface area contributed by atoms with Crippen molar-refractivity contribution in [2.75, 3.05) is 17.7 Å². The van der Waals surface area contributed by atoms with Crippen LogP contribution in [0.2, 0.25) is 0 Å².